The number of halogens is 1. The summed E-state index contributed by atoms with van der Waals surface area (Å²) >= 11 is 4.71. The molecule has 0 amide bonds. The molecule has 0 fully saturated rings. The van der Waals surface area contributed by atoms with Crippen molar-refractivity contribution in [2.24, 2.45) is 4.99 Å². The van der Waals surface area contributed by atoms with Gasteiger partial charge in [0.15, 0.2) is 4.80 Å². The second-order valence-corrected chi connectivity index (χ2v) is 9.72. The van der Waals surface area contributed by atoms with Gasteiger partial charge in [-0.25, -0.2) is 9.79 Å². The van der Waals surface area contributed by atoms with Gasteiger partial charge in [-0.3, -0.25) is 9.36 Å². The van der Waals surface area contributed by atoms with Crippen LogP contribution in [0.15, 0.2) is 61.9 Å². The lowest BCUT2D eigenvalue weighted by atomic mass is 9.94. The van der Waals surface area contributed by atoms with Crippen LogP contribution in [0.25, 0.3) is 6.08 Å². The number of methoxy groups -OCH3 is 3. The molecular formula is C26H25BrN2O6S. The number of hydrogen-bond acceptors (Lipinski definition) is 8. The first-order chi connectivity index (χ1) is 17.3. The third-order valence-electron chi connectivity index (χ3n) is 5.73. The molecule has 4 rings (SSSR count). The van der Waals surface area contributed by atoms with Gasteiger partial charge in [-0.1, -0.05) is 27.3 Å². The van der Waals surface area contributed by atoms with Crippen LogP contribution in [0.1, 0.15) is 31.0 Å². The van der Waals surface area contributed by atoms with Crippen molar-refractivity contribution in [2.75, 3.05) is 27.9 Å². The summed E-state index contributed by atoms with van der Waals surface area (Å²) in [7, 11) is 4.66. The van der Waals surface area contributed by atoms with Crippen LogP contribution in [0.4, 0.5) is 0 Å². The Morgan fingerprint density at radius 3 is 2.50 bits per heavy atom. The number of rotatable bonds is 7. The number of ether oxygens (including phenoxy) is 4. The maximum absolute atomic E-state index is 13.9. The van der Waals surface area contributed by atoms with Gasteiger partial charge in [-0.2, -0.15) is 0 Å². The minimum absolute atomic E-state index is 0.185. The number of nitrogens with zero attached hydrogens (tertiary/aromatic N) is 2. The Kier molecular flexibility index (Phi) is 7.65. The van der Waals surface area contributed by atoms with Gasteiger partial charge in [-0.15, -0.1) is 0 Å². The van der Waals surface area contributed by atoms with Crippen molar-refractivity contribution in [2.45, 2.75) is 19.9 Å². The molecule has 0 radical (unpaired) electrons. The number of hydrogen-bond donors (Lipinski definition) is 0. The topological polar surface area (TPSA) is 88.4 Å². The molecule has 1 atom stereocenters. The van der Waals surface area contributed by atoms with E-state index < -0.39 is 12.0 Å². The van der Waals surface area contributed by atoms with Gasteiger partial charge in [0.05, 0.1) is 43.7 Å². The molecule has 10 heteroatoms. The smallest absolute Gasteiger partial charge is 0.338 e. The second-order valence-electron chi connectivity index (χ2n) is 7.80. The summed E-state index contributed by atoms with van der Waals surface area (Å²) in [5.41, 5.74) is 1.75. The van der Waals surface area contributed by atoms with Crippen LogP contribution in [0.2, 0.25) is 0 Å². The highest BCUT2D eigenvalue weighted by molar-refractivity contribution is 9.10. The van der Waals surface area contributed by atoms with Crippen LogP contribution in [0.5, 0.6) is 17.2 Å². The highest BCUT2D eigenvalue weighted by Gasteiger charge is 2.35. The Labute approximate surface area is 220 Å². The molecule has 0 unspecified atom stereocenters. The van der Waals surface area contributed by atoms with Gasteiger partial charge in [0.1, 0.15) is 23.3 Å². The minimum atomic E-state index is -0.822. The number of esters is 1. The van der Waals surface area contributed by atoms with E-state index in [0.29, 0.717) is 37.8 Å². The van der Waals surface area contributed by atoms with Crippen LogP contribution >= 0.6 is 27.3 Å². The van der Waals surface area contributed by atoms with Crippen LogP contribution in [-0.4, -0.2) is 38.5 Å². The number of thiazole rings is 1. The standard InChI is InChI=1S/C26H25BrN2O6S/c1-6-35-25(31)22-14(2)28-26-29(23(22)18-13-17(32-3)8-10-20(18)34-5)24(30)21(36-26)12-15-11-16(27)7-9-19(15)33-4/h7-13,23H,6H2,1-5H3/b21-12+/t23-/m0/s1. The van der Waals surface area contributed by atoms with Gasteiger partial charge < -0.3 is 18.9 Å². The minimum Gasteiger partial charge on any atom is -0.497 e. The molecular weight excluding hydrogens is 548 g/mol. The third kappa shape index (κ3) is 4.70. The third-order valence-corrected chi connectivity index (χ3v) is 7.20. The summed E-state index contributed by atoms with van der Waals surface area (Å²) in [4.78, 5) is 32.1. The quantitative estimate of drug-likeness (QED) is 0.402. The molecule has 0 bridgehead atoms. The van der Waals surface area contributed by atoms with Gasteiger partial charge in [0, 0.05) is 15.6 Å². The van der Waals surface area contributed by atoms with E-state index in [2.05, 4.69) is 20.9 Å². The average Bonchev–Trinajstić information content (AvgIpc) is 3.17. The highest BCUT2D eigenvalue weighted by atomic mass is 79.9. The summed E-state index contributed by atoms with van der Waals surface area (Å²) in [5.74, 6) is 1.14. The second kappa shape index (κ2) is 10.7. The number of fused-ring (bicyclic) bond motifs is 1. The number of carbonyl (C=O) groups excluding carboxylic acids is 1. The van der Waals surface area contributed by atoms with E-state index in [1.807, 2.05) is 18.2 Å². The zero-order valence-corrected chi connectivity index (χ0v) is 22.9. The molecule has 1 aliphatic heterocycles. The maximum Gasteiger partial charge on any atom is 0.338 e. The van der Waals surface area contributed by atoms with Crippen molar-refractivity contribution in [3.05, 3.63) is 83.0 Å². The van der Waals surface area contributed by atoms with E-state index in [0.717, 1.165) is 10.0 Å². The predicted molar refractivity (Wildman–Crippen MR) is 141 cm³/mol. The molecule has 8 nitrogen and oxygen atoms in total. The predicted octanol–water partition coefficient (Wildman–Crippen LogP) is 3.59. The van der Waals surface area contributed by atoms with E-state index in [1.54, 1.807) is 52.3 Å². The van der Waals surface area contributed by atoms with E-state index in [1.165, 1.54) is 23.0 Å². The Morgan fingerprint density at radius 2 is 1.83 bits per heavy atom. The zero-order chi connectivity index (χ0) is 26.0. The first-order valence-corrected chi connectivity index (χ1v) is 12.7. The summed E-state index contributed by atoms with van der Waals surface area (Å²) in [5, 5.41) is 0. The fraction of sp³-hybridized carbons (Fsp3) is 0.269. The Hall–Kier alpha value is -3.37. The normalized spacial score (nSPS) is 15.3. The zero-order valence-electron chi connectivity index (χ0n) is 20.5. The first kappa shape index (κ1) is 25.7. The summed E-state index contributed by atoms with van der Waals surface area (Å²) < 4.78 is 24.7. The number of carbonyl (C=O) groups is 1. The van der Waals surface area contributed by atoms with Gasteiger partial charge in [-0.05, 0) is 56.3 Å². The van der Waals surface area contributed by atoms with E-state index >= 15 is 0 Å². The molecule has 2 heterocycles. The fourth-order valence-electron chi connectivity index (χ4n) is 4.10. The molecule has 1 aromatic heterocycles. The van der Waals surface area contributed by atoms with Crippen LogP contribution in [-0.2, 0) is 9.53 Å². The molecule has 0 N–H and O–H groups in total. The molecule has 1 aliphatic rings. The molecule has 0 saturated carbocycles. The average molecular weight is 573 g/mol. The van der Waals surface area contributed by atoms with Crippen molar-refractivity contribution < 1.29 is 23.7 Å². The molecule has 0 aliphatic carbocycles. The number of aromatic nitrogens is 1. The largest absolute Gasteiger partial charge is 0.497 e. The molecule has 2 aromatic carbocycles. The van der Waals surface area contributed by atoms with E-state index in [9.17, 15) is 9.59 Å². The summed E-state index contributed by atoms with van der Waals surface area (Å²) in [6.45, 7) is 3.65. The van der Waals surface area contributed by atoms with Gasteiger partial charge in [0.2, 0.25) is 0 Å². The number of allylic oxidation sites excluding steroid dienone is 1. The first-order valence-electron chi connectivity index (χ1n) is 11.1. The van der Waals surface area contributed by atoms with Crippen LogP contribution < -0.4 is 29.1 Å². The van der Waals surface area contributed by atoms with E-state index in [-0.39, 0.29) is 17.7 Å². The Morgan fingerprint density at radius 1 is 1.11 bits per heavy atom. The highest BCUT2D eigenvalue weighted by Crippen LogP contribution is 2.37. The van der Waals surface area contributed by atoms with Crippen molar-refractivity contribution in [3.63, 3.8) is 0 Å². The lowest BCUT2D eigenvalue weighted by molar-refractivity contribution is -0.139. The van der Waals surface area contributed by atoms with Crippen molar-refractivity contribution >= 4 is 39.3 Å². The summed E-state index contributed by atoms with van der Waals surface area (Å²) in [6, 6.07) is 9.99. The van der Waals surface area contributed by atoms with Gasteiger partial charge >= 0.3 is 5.97 Å². The van der Waals surface area contributed by atoms with Crippen LogP contribution in [0.3, 0.4) is 0 Å². The molecule has 188 valence electrons. The molecule has 0 saturated heterocycles. The van der Waals surface area contributed by atoms with Crippen molar-refractivity contribution in [1.29, 1.82) is 0 Å². The Bertz CT molecular complexity index is 1540. The lowest BCUT2D eigenvalue weighted by Crippen LogP contribution is -2.40. The molecule has 3 aromatic rings. The van der Waals surface area contributed by atoms with Crippen molar-refractivity contribution in [1.82, 2.24) is 4.57 Å². The fourth-order valence-corrected chi connectivity index (χ4v) is 5.51. The van der Waals surface area contributed by atoms with Crippen LogP contribution in [0, 0.1) is 0 Å². The van der Waals surface area contributed by atoms with Gasteiger partial charge in [0.25, 0.3) is 5.56 Å². The molecule has 36 heavy (non-hydrogen) atoms. The lowest BCUT2D eigenvalue weighted by Gasteiger charge is -2.26. The summed E-state index contributed by atoms with van der Waals surface area (Å²) in [6.07, 6.45) is 1.76. The van der Waals surface area contributed by atoms with E-state index in [4.69, 9.17) is 18.9 Å². The number of benzene rings is 2. The maximum atomic E-state index is 13.9. The Balaban J connectivity index is 2.03. The van der Waals surface area contributed by atoms with Crippen molar-refractivity contribution in [3.8, 4) is 17.2 Å². The molecule has 0 spiro atoms. The monoisotopic (exact) mass is 572 g/mol. The SMILES string of the molecule is CCOC(=O)C1=C(C)N=c2s/c(=C/c3cc(Br)ccc3OC)c(=O)n2[C@H]1c1cc(OC)ccc1OC.